The molecule has 0 fully saturated rings. The Morgan fingerprint density at radius 1 is 0.962 bits per heavy atom. The quantitative estimate of drug-likeness (QED) is 0.371. The monoisotopic (exact) mass is 365 g/mol. The van der Waals surface area contributed by atoms with Crippen LogP contribution in [0.2, 0.25) is 5.02 Å². The Hall–Kier alpha value is -3.05. The minimum absolute atomic E-state index is 0.348. The number of Topliss-reactive ketones (excluding diaryl/α,β-unsaturated/α-hetero) is 1. The van der Waals surface area contributed by atoms with E-state index in [0.717, 1.165) is 22.0 Å². The van der Waals surface area contributed by atoms with E-state index in [-0.39, 0.29) is 0 Å². The number of ketones is 1. The first-order valence-corrected chi connectivity index (χ1v) is 8.65. The molecule has 4 rings (SSSR count). The smallest absolute Gasteiger partial charge is 0.292 e. The van der Waals surface area contributed by atoms with Crippen molar-refractivity contribution in [3.63, 3.8) is 0 Å². The molecule has 130 valence electrons. The van der Waals surface area contributed by atoms with Crippen LogP contribution >= 0.6 is 11.6 Å². The molecular formula is C20H16ClN3O2. The van der Waals surface area contributed by atoms with Crippen LogP contribution in [0.3, 0.4) is 0 Å². The van der Waals surface area contributed by atoms with Crippen LogP contribution in [-0.4, -0.2) is 28.2 Å². The van der Waals surface area contributed by atoms with Crippen LogP contribution in [0.5, 0.6) is 0 Å². The van der Waals surface area contributed by atoms with Gasteiger partial charge in [-0.15, -0.1) is 0 Å². The highest BCUT2D eigenvalue weighted by atomic mass is 35.5. The molecule has 2 aromatic carbocycles. The number of carbonyl (C=O) groups is 2. The molecule has 0 spiro atoms. The van der Waals surface area contributed by atoms with Gasteiger partial charge in [0.25, 0.3) is 11.7 Å². The third kappa shape index (κ3) is 2.97. The molecule has 0 saturated heterocycles. The topological polar surface area (TPSA) is 77.8 Å². The van der Waals surface area contributed by atoms with Gasteiger partial charge in [-0.3, -0.25) is 9.59 Å². The second-order valence-corrected chi connectivity index (χ2v) is 6.52. The number of amides is 1. The van der Waals surface area contributed by atoms with Gasteiger partial charge in [0, 0.05) is 45.8 Å². The van der Waals surface area contributed by atoms with E-state index < -0.39 is 11.7 Å². The predicted molar refractivity (Wildman–Crippen MR) is 103 cm³/mol. The van der Waals surface area contributed by atoms with E-state index in [0.29, 0.717) is 28.9 Å². The van der Waals surface area contributed by atoms with E-state index in [4.69, 9.17) is 11.6 Å². The van der Waals surface area contributed by atoms with Crippen LogP contribution in [0, 0.1) is 0 Å². The average Bonchev–Trinajstić information content (AvgIpc) is 3.25. The van der Waals surface area contributed by atoms with Gasteiger partial charge in [0.2, 0.25) is 0 Å². The van der Waals surface area contributed by atoms with Crippen molar-refractivity contribution < 1.29 is 9.59 Å². The van der Waals surface area contributed by atoms with Crippen molar-refractivity contribution in [1.82, 2.24) is 15.3 Å². The van der Waals surface area contributed by atoms with Crippen molar-refractivity contribution in [2.45, 2.75) is 6.42 Å². The van der Waals surface area contributed by atoms with Crippen LogP contribution in [0.15, 0.2) is 54.9 Å². The molecule has 0 aliphatic rings. The highest BCUT2D eigenvalue weighted by Crippen LogP contribution is 2.22. The zero-order valence-electron chi connectivity index (χ0n) is 13.8. The molecule has 0 saturated carbocycles. The molecule has 2 aromatic heterocycles. The van der Waals surface area contributed by atoms with Crippen molar-refractivity contribution >= 4 is 45.1 Å². The number of rotatable bonds is 5. The van der Waals surface area contributed by atoms with Gasteiger partial charge < -0.3 is 15.3 Å². The molecule has 1 amide bonds. The van der Waals surface area contributed by atoms with Gasteiger partial charge in [0.15, 0.2) is 0 Å². The van der Waals surface area contributed by atoms with Crippen LogP contribution in [0.4, 0.5) is 0 Å². The highest BCUT2D eigenvalue weighted by Gasteiger charge is 2.19. The van der Waals surface area contributed by atoms with Crippen LogP contribution < -0.4 is 5.32 Å². The molecule has 0 aliphatic carbocycles. The molecular weight excluding hydrogens is 350 g/mol. The number of hydrogen-bond donors (Lipinski definition) is 3. The summed E-state index contributed by atoms with van der Waals surface area (Å²) in [4.78, 5) is 30.8. The summed E-state index contributed by atoms with van der Waals surface area (Å²) in [6.07, 6.45) is 4.12. The number of para-hydroxylation sites is 1. The first kappa shape index (κ1) is 16.4. The lowest BCUT2D eigenvalue weighted by Crippen LogP contribution is -2.32. The summed E-state index contributed by atoms with van der Waals surface area (Å²) < 4.78 is 0. The van der Waals surface area contributed by atoms with E-state index in [1.54, 1.807) is 24.4 Å². The number of halogens is 1. The molecule has 0 bridgehead atoms. The van der Waals surface area contributed by atoms with Crippen molar-refractivity contribution in [3.05, 3.63) is 71.0 Å². The van der Waals surface area contributed by atoms with E-state index in [9.17, 15) is 9.59 Å². The van der Waals surface area contributed by atoms with Crippen molar-refractivity contribution in [2.24, 2.45) is 0 Å². The summed E-state index contributed by atoms with van der Waals surface area (Å²) in [5, 5.41) is 5.09. The fourth-order valence-corrected chi connectivity index (χ4v) is 3.31. The summed E-state index contributed by atoms with van der Waals surface area (Å²) in [7, 11) is 0. The summed E-state index contributed by atoms with van der Waals surface area (Å²) >= 11 is 5.94. The fraction of sp³-hybridized carbons (Fsp3) is 0.100. The second-order valence-electron chi connectivity index (χ2n) is 6.09. The number of fused-ring (bicyclic) bond motifs is 2. The first-order valence-electron chi connectivity index (χ1n) is 8.27. The number of H-pyrrole nitrogens is 2. The molecule has 26 heavy (non-hydrogen) atoms. The van der Waals surface area contributed by atoms with E-state index >= 15 is 0 Å². The van der Waals surface area contributed by atoms with E-state index in [1.165, 1.54) is 0 Å². The van der Waals surface area contributed by atoms with Gasteiger partial charge in [0.05, 0.1) is 5.56 Å². The van der Waals surface area contributed by atoms with Gasteiger partial charge in [-0.05, 0) is 30.2 Å². The minimum Gasteiger partial charge on any atom is -0.361 e. The number of aromatic amines is 2. The maximum absolute atomic E-state index is 12.4. The molecule has 2 heterocycles. The molecule has 0 radical (unpaired) electrons. The number of aromatic nitrogens is 2. The normalized spacial score (nSPS) is 11.1. The predicted octanol–water partition coefficient (Wildman–Crippen LogP) is 3.84. The van der Waals surface area contributed by atoms with E-state index in [1.807, 2.05) is 30.5 Å². The largest absolute Gasteiger partial charge is 0.361 e. The second kappa shape index (κ2) is 6.69. The summed E-state index contributed by atoms with van der Waals surface area (Å²) in [5.74, 6) is -1.17. The van der Waals surface area contributed by atoms with Crippen molar-refractivity contribution in [1.29, 1.82) is 0 Å². The zero-order valence-corrected chi connectivity index (χ0v) is 14.6. The maximum Gasteiger partial charge on any atom is 0.292 e. The molecule has 5 nitrogen and oxygen atoms in total. The van der Waals surface area contributed by atoms with Gasteiger partial charge in [-0.25, -0.2) is 0 Å². The Balaban J connectivity index is 1.43. The summed E-state index contributed by atoms with van der Waals surface area (Å²) in [5.41, 5.74) is 3.24. The van der Waals surface area contributed by atoms with Gasteiger partial charge in [0.1, 0.15) is 0 Å². The number of benzene rings is 2. The van der Waals surface area contributed by atoms with Gasteiger partial charge in [-0.1, -0.05) is 35.9 Å². The highest BCUT2D eigenvalue weighted by molar-refractivity contribution is 6.45. The Labute approximate surface area is 154 Å². The third-order valence-corrected chi connectivity index (χ3v) is 4.68. The SMILES string of the molecule is O=C(NCCc1c[nH]c2ccccc12)C(=O)c1c[nH]c2cc(Cl)ccc12. The van der Waals surface area contributed by atoms with Crippen LogP contribution in [0.25, 0.3) is 21.8 Å². The molecule has 0 atom stereocenters. The number of hydrogen-bond acceptors (Lipinski definition) is 2. The summed E-state index contributed by atoms with van der Waals surface area (Å²) in [6, 6.07) is 13.1. The average molecular weight is 366 g/mol. The number of carbonyl (C=O) groups excluding carboxylic acids is 2. The minimum atomic E-state index is -0.610. The molecule has 0 aliphatic heterocycles. The van der Waals surface area contributed by atoms with Crippen LogP contribution in [-0.2, 0) is 11.2 Å². The maximum atomic E-state index is 12.4. The van der Waals surface area contributed by atoms with Gasteiger partial charge >= 0.3 is 0 Å². The lowest BCUT2D eigenvalue weighted by molar-refractivity contribution is -0.116. The number of nitrogens with one attached hydrogen (secondary N) is 3. The fourth-order valence-electron chi connectivity index (χ4n) is 3.14. The first-order chi connectivity index (χ1) is 12.6. The Bertz CT molecular complexity index is 1130. The zero-order chi connectivity index (χ0) is 18.1. The van der Waals surface area contributed by atoms with E-state index in [2.05, 4.69) is 15.3 Å². The lowest BCUT2D eigenvalue weighted by Gasteiger charge is -2.04. The Morgan fingerprint density at radius 2 is 1.77 bits per heavy atom. The lowest BCUT2D eigenvalue weighted by atomic mass is 10.1. The van der Waals surface area contributed by atoms with Crippen molar-refractivity contribution in [3.8, 4) is 0 Å². The Morgan fingerprint density at radius 3 is 2.65 bits per heavy atom. The Kier molecular flexibility index (Phi) is 4.22. The van der Waals surface area contributed by atoms with Crippen LogP contribution in [0.1, 0.15) is 15.9 Å². The molecule has 4 aromatic rings. The standard InChI is InChI=1S/C20H16ClN3O2/c21-13-5-6-15-16(11-24-18(15)9-13)19(25)20(26)22-8-7-12-10-23-17-4-2-1-3-14(12)17/h1-6,9-11,23-24H,7-8H2,(H,22,26). The summed E-state index contributed by atoms with van der Waals surface area (Å²) in [6.45, 7) is 0.389. The van der Waals surface area contributed by atoms with Gasteiger partial charge in [-0.2, -0.15) is 0 Å². The molecule has 3 N–H and O–H groups in total. The van der Waals surface area contributed by atoms with Crippen molar-refractivity contribution in [2.75, 3.05) is 6.54 Å². The molecule has 6 heteroatoms. The molecule has 0 unspecified atom stereocenters. The third-order valence-electron chi connectivity index (χ3n) is 4.45.